The first-order chi connectivity index (χ1) is 4.11. The Balaban J connectivity index is 0. The molecule has 0 heterocycles. The van der Waals surface area contributed by atoms with Crippen molar-refractivity contribution in [2.45, 2.75) is 15.8 Å². The molecule has 65 valence electrons. The molecule has 0 spiro atoms. The van der Waals surface area contributed by atoms with Crippen LogP contribution in [0, 0.1) is 0 Å². The van der Waals surface area contributed by atoms with Crippen molar-refractivity contribution in [3.63, 3.8) is 0 Å². The van der Waals surface area contributed by atoms with Crippen LogP contribution >= 0.6 is 34.0 Å². The number of allylic oxidation sites excluding steroid dienone is 4. The van der Waals surface area contributed by atoms with Crippen LogP contribution in [0.2, 0.25) is 9.36 Å². The Bertz CT molecular complexity index is 214. The molecule has 4 heteroatoms. The summed E-state index contributed by atoms with van der Waals surface area (Å²) in [4.78, 5) is 0. The van der Waals surface area contributed by atoms with Crippen molar-refractivity contribution >= 4 is 40.9 Å². The third-order valence-electron chi connectivity index (χ3n) is 1.64. The van der Waals surface area contributed by atoms with Gasteiger partial charge in [0.05, 0.1) is 0 Å². The summed E-state index contributed by atoms with van der Waals surface area (Å²) >= 11 is -1.68. The fourth-order valence-electron chi connectivity index (χ4n) is 0.949. The molecule has 0 atom stereocenters. The Labute approximate surface area is 95.7 Å². The Hall–Kier alpha value is 1.53. The van der Waals surface area contributed by atoms with Crippen molar-refractivity contribution in [2.24, 2.45) is 0 Å². The first-order valence-corrected chi connectivity index (χ1v) is 20.6. The molecule has 0 nitrogen and oxygen atoms in total. The van der Waals surface area contributed by atoms with Crippen molar-refractivity contribution in [1.29, 1.82) is 0 Å². The van der Waals surface area contributed by atoms with E-state index in [0.29, 0.717) is 0 Å². The number of hydrogen-bond acceptors (Lipinski definition) is 0. The molecule has 1 rings (SSSR count). The molecular weight excluding hydrogens is 450 g/mol. The number of halogens is 2. The minimum absolute atomic E-state index is 0. The SMILES string of the molecule is Br.Br.[CH3][Hf]([CH3])(=[SiH2])[C]1=CC=CC1. The molecular formula is C7H15Br2HfSi. The van der Waals surface area contributed by atoms with Crippen molar-refractivity contribution in [3.8, 4) is 0 Å². The third-order valence-corrected chi connectivity index (χ3v) is 12.9. The fraction of sp³-hybridized carbons (Fsp3) is 0.429. The van der Waals surface area contributed by atoms with Crippen LogP contribution in [0.25, 0.3) is 0 Å². The average Bonchev–Trinajstić information content (AvgIpc) is 2.08. The maximum absolute atomic E-state index is 2.49. The van der Waals surface area contributed by atoms with Gasteiger partial charge in [0.2, 0.25) is 0 Å². The average molecular weight is 466 g/mol. The summed E-state index contributed by atoms with van der Waals surface area (Å²) in [5, 5.41) is 0. The molecule has 0 amide bonds. The van der Waals surface area contributed by atoms with Crippen LogP contribution in [0.1, 0.15) is 6.42 Å². The van der Waals surface area contributed by atoms with Crippen LogP contribution < -0.4 is 0 Å². The predicted octanol–water partition coefficient (Wildman–Crippen LogP) is 2.78. The standard InChI is InChI=1S/C5H5.2CH3.2BrH.Hf.H2Si/c1-2-4-5-3-1;;;;;;/h1-3H,4H2;2*1H3;2*1H;;1H2. The molecule has 0 bridgehead atoms. The van der Waals surface area contributed by atoms with Gasteiger partial charge in [-0.25, -0.2) is 0 Å². The van der Waals surface area contributed by atoms with E-state index >= 15 is 0 Å². The van der Waals surface area contributed by atoms with Crippen LogP contribution in [-0.2, 0) is 18.6 Å². The second-order valence-corrected chi connectivity index (χ2v) is 33.5. The molecule has 11 heavy (non-hydrogen) atoms. The van der Waals surface area contributed by atoms with Crippen molar-refractivity contribution in [1.82, 2.24) is 0 Å². The molecule has 0 aromatic carbocycles. The summed E-state index contributed by atoms with van der Waals surface area (Å²) < 4.78 is 6.76. The van der Waals surface area contributed by atoms with Crippen molar-refractivity contribution in [3.05, 3.63) is 21.6 Å². The van der Waals surface area contributed by atoms with Crippen LogP contribution in [0.5, 0.6) is 0 Å². The van der Waals surface area contributed by atoms with Crippen molar-refractivity contribution in [2.75, 3.05) is 0 Å². The first kappa shape index (κ1) is 15.0. The van der Waals surface area contributed by atoms with E-state index in [1.165, 1.54) is 6.42 Å². The summed E-state index contributed by atoms with van der Waals surface area (Å²) in [7, 11) is 0. The van der Waals surface area contributed by atoms with Crippen LogP contribution in [0.15, 0.2) is 21.6 Å². The van der Waals surface area contributed by atoms with Gasteiger partial charge in [0, 0.05) is 0 Å². The molecule has 1 aliphatic carbocycles. The molecule has 0 saturated carbocycles. The zero-order valence-electron chi connectivity index (χ0n) is 6.96. The quantitative estimate of drug-likeness (QED) is 0.523. The normalized spacial score (nSPS) is 14.9. The van der Waals surface area contributed by atoms with E-state index in [1.807, 2.05) is 0 Å². The zero-order chi connectivity index (χ0) is 6.91. The topological polar surface area (TPSA) is 0 Å². The van der Waals surface area contributed by atoms with Crippen molar-refractivity contribution < 1.29 is 18.6 Å². The number of hydrogen-bond donors (Lipinski definition) is 0. The van der Waals surface area contributed by atoms with E-state index in [9.17, 15) is 0 Å². The van der Waals surface area contributed by atoms with Gasteiger partial charge < -0.3 is 0 Å². The van der Waals surface area contributed by atoms with E-state index in [4.69, 9.17) is 0 Å². The third kappa shape index (κ3) is 4.96. The Morgan fingerprint density at radius 2 is 1.91 bits per heavy atom. The number of rotatable bonds is 1. The fourth-order valence-corrected chi connectivity index (χ4v) is 7.47. The molecule has 0 aliphatic heterocycles. The maximum atomic E-state index is 2.49. The van der Waals surface area contributed by atoms with Gasteiger partial charge in [-0.2, -0.15) is 0 Å². The molecule has 0 aromatic heterocycles. The van der Waals surface area contributed by atoms with Gasteiger partial charge in [-0.05, 0) is 0 Å². The van der Waals surface area contributed by atoms with Crippen LogP contribution in [0.4, 0.5) is 0 Å². The minimum atomic E-state index is -1.68. The summed E-state index contributed by atoms with van der Waals surface area (Å²) in [5.41, 5.74) is 0. The van der Waals surface area contributed by atoms with Gasteiger partial charge in [-0.3, -0.25) is 0 Å². The molecule has 0 unspecified atom stereocenters. The summed E-state index contributed by atoms with van der Waals surface area (Å²) in [6.07, 6.45) is 8.06. The Morgan fingerprint density at radius 1 is 1.36 bits per heavy atom. The summed E-state index contributed by atoms with van der Waals surface area (Å²) in [5.74, 6) is 0. The zero-order valence-corrected chi connectivity index (χ0v) is 15.4. The second-order valence-electron chi connectivity index (χ2n) is 3.21. The Morgan fingerprint density at radius 3 is 2.09 bits per heavy atom. The molecule has 0 radical (unpaired) electrons. The second kappa shape index (κ2) is 6.05. The van der Waals surface area contributed by atoms with Gasteiger partial charge in [-0.15, -0.1) is 34.0 Å². The Kier molecular flexibility index (Phi) is 8.27. The molecule has 0 fully saturated rings. The first-order valence-electron chi connectivity index (χ1n) is 3.32. The van der Waals surface area contributed by atoms with E-state index in [0.717, 1.165) is 0 Å². The molecule has 0 saturated heterocycles. The van der Waals surface area contributed by atoms with Gasteiger partial charge in [0.25, 0.3) is 0 Å². The molecule has 1 aliphatic rings. The summed E-state index contributed by atoms with van der Waals surface area (Å²) in [6, 6.07) is 0. The van der Waals surface area contributed by atoms with Crippen LogP contribution in [0.3, 0.4) is 0 Å². The van der Waals surface area contributed by atoms with E-state index < -0.39 is 18.6 Å². The monoisotopic (exact) mass is 465 g/mol. The van der Waals surface area contributed by atoms with Gasteiger partial charge in [0.1, 0.15) is 0 Å². The van der Waals surface area contributed by atoms with E-state index in [1.54, 1.807) is 3.33 Å². The van der Waals surface area contributed by atoms with Crippen LogP contribution in [-0.4, -0.2) is 6.94 Å². The van der Waals surface area contributed by atoms with Gasteiger partial charge in [0.15, 0.2) is 0 Å². The van der Waals surface area contributed by atoms with Gasteiger partial charge in [-0.1, -0.05) is 0 Å². The van der Waals surface area contributed by atoms with E-state index in [2.05, 4.69) is 34.5 Å². The predicted molar refractivity (Wildman–Crippen MR) is 62.8 cm³/mol. The molecule has 0 N–H and O–H groups in total. The molecule has 0 aromatic rings. The van der Waals surface area contributed by atoms with Gasteiger partial charge >= 0.3 is 62.9 Å². The summed E-state index contributed by atoms with van der Waals surface area (Å²) in [6.45, 7) is 2.28. The van der Waals surface area contributed by atoms with E-state index in [-0.39, 0.29) is 34.0 Å².